The number of nitrogens with zero attached hydrogens (tertiary/aromatic N) is 1. The Balaban J connectivity index is 2.24. The number of nitrogens with one attached hydrogen (secondary N) is 1. The molecule has 8 heteroatoms. The van der Waals surface area contributed by atoms with Gasteiger partial charge in [-0.25, -0.2) is 0 Å². The fourth-order valence-electron chi connectivity index (χ4n) is 2.50. The molecule has 2 N–H and O–H groups in total. The number of ether oxygens (including phenoxy) is 1. The molecule has 0 radical (unpaired) electrons. The van der Waals surface area contributed by atoms with E-state index in [-0.39, 0.29) is 24.2 Å². The maximum absolute atomic E-state index is 12.3. The second-order valence-corrected chi connectivity index (χ2v) is 5.12. The maximum atomic E-state index is 12.3. The summed E-state index contributed by atoms with van der Waals surface area (Å²) in [5.74, 6) is -2.91. The first kappa shape index (κ1) is 16.5. The number of methoxy groups -OCH3 is 1. The molecule has 2 unspecified atom stereocenters. The van der Waals surface area contributed by atoms with Crippen molar-refractivity contribution in [3.8, 4) is 5.75 Å². The number of carbonyl (C=O) groups is 2. The number of anilines is 1. The number of carboxylic acid groups (broad SMARTS) is 1. The average Bonchev–Trinajstić information content (AvgIpc) is 2.54. The summed E-state index contributed by atoms with van der Waals surface area (Å²) in [6, 6.07) is 4.05. The van der Waals surface area contributed by atoms with Gasteiger partial charge < -0.3 is 15.2 Å². The van der Waals surface area contributed by atoms with E-state index in [1.54, 1.807) is 12.2 Å². The van der Waals surface area contributed by atoms with Crippen LogP contribution in [0.25, 0.3) is 0 Å². The lowest BCUT2D eigenvalue weighted by molar-refractivity contribution is -0.384. The highest BCUT2D eigenvalue weighted by molar-refractivity contribution is 5.97. The molecule has 0 aliphatic heterocycles. The van der Waals surface area contributed by atoms with Crippen LogP contribution in [-0.4, -0.2) is 29.0 Å². The number of hydrogen-bond donors (Lipinski definition) is 2. The van der Waals surface area contributed by atoms with Crippen molar-refractivity contribution in [2.24, 2.45) is 11.8 Å². The molecule has 0 bridgehead atoms. The number of amides is 1. The minimum absolute atomic E-state index is 0.0134. The van der Waals surface area contributed by atoms with E-state index in [4.69, 9.17) is 4.74 Å². The van der Waals surface area contributed by atoms with Gasteiger partial charge in [0.2, 0.25) is 5.91 Å². The predicted octanol–water partition coefficient (Wildman–Crippen LogP) is 2.21. The third-order valence-electron chi connectivity index (χ3n) is 3.75. The molecule has 1 aromatic carbocycles. The van der Waals surface area contributed by atoms with Crippen molar-refractivity contribution in [1.82, 2.24) is 0 Å². The van der Waals surface area contributed by atoms with Crippen molar-refractivity contribution >= 4 is 23.3 Å². The molecule has 1 aliphatic rings. The van der Waals surface area contributed by atoms with E-state index in [2.05, 4.69) is 5.32 Å². The lowest BCUT2D eigenvalue weighted by Gasteiger charge is -2.24. The molecule has 122 valence electrons. The molecular formula is C15H16N2O6. The highest BCUT2D eigenvalue weighted by Gasteiger charge is 2.34. The monoisotopic (exact) mass is 320 g/mol. The molecule has 0 heterocycles. The van der Waals surface area contributed by atoms with Crippen molar-refractivity contribution in [2.75, 3.05) is 12.4 Å². The fraction of sp³-hybridized carbons (Fsp3) is 0.333. The van der Waals surface area contributed by atoms with Crippen LogP contribution < -0.4 is 10.1 Å². The Morgan fingerprint density at radius 1 is 1.30 bits per heavy atom. The maximum Gasteiger partial charge on any atom is 0.307 e. The molecule has 0 aromatic heterocycles. The zero-order valence-corrected chi connectivity index (χ0v) is 12.4. The van der Waals surface area contributed by atoms with Gasteiger partial charge in [0.25, 0.3) is 5.69 Å². The number of benzene rings is 1. The molecule has 8 nitrogen and oxygen atoms in total. The molecular weight excluding hydrogens is 304 g/mol. The second-order valence-electron chi connectivity index (χ2n) is 5.12. The summed E-state index contributed by atoms with van der Waals surface area (Å²) in [5.41, 5.74) is -0.296. The van der Waals surface area contributed by atoms with Gasteiger partial charge in [-0.15, -0.1) is 0 Å². The van der Waals surface area contributed by atoms with E-state index in [0.717, 1.165) is 0 Å². The molecule has 1 amide bonds. The van der Waals surface area contributed by atoms with Gasteiger partial charge in [0, 0.05) is 0 Å². The molecule has 0 saturated heterocycles. The van der Waals surface area contributed by atoms with Gasteiger partial charge in [-0.3, -0.25) is 19.7 Å². The average molecular weight is 320 g/mol. The molecule has 0 saturated carbocycles. The lowest BCUT2D eigenvalue weighted by Crippen LogP contribution is -2.34. The third kappa shape index (κ3) is 3.65. The molecule has 2 rings (SSSR count). The van der Waals surface area contributed by atoms with Crippen LogP contribution in [0, 0.1) is 22.0 Å². The van der Waals surface area contributed by atoms with Crippen molar-refractivity contribution in [3.05, 3.63) is 40.5 Å². The minimum atomic E-state index is -1.06. The van der Waals surface area contributed by atoms with Gasteiger partial charge in [0.1, 0.15) is 11.4 Å². The zero-order chi connectivity index (χ0) is 17.0. The summed E-state index contributed by atoms with van der Waals surface area (Å²) in [6.45, 7) is 0. The highest BCUT2D eigenvalue weighted by atomic mass is 16.6. The molecule has 2 atom stereocenters. The predicted molar refractivity (Wildman–Crippen MR) is 81.3 cm³/mol. The molecule has 0 spiro atoms. The zero-order valence-electron chi connectivity index (χ0n) is 12.4. The van der Waals surface area contributed by atoms with Crippen molar-refractivity contribution in [1.29, 1.82) is 0 Å². The summed E-state index contributed by atoms with van der Waals surface area (Å²) in [7, 11) is 1.38. The Kier molecular flexibility index (Phi) is 4.95. The van der Waals surface area contributed by atoms with E-state index in [1.165, 1.54) is 25.3 Å². The normalized spacial score (nSPS) is 19.9. The summed E-state index contributed by atoms with van der Waals surface area (Å²) in [4.78, 5) is 34.1. The minimum Gasteiger partial charge on any atom is -0.496 e. The summed E-state index contributed by atoms with van der Waals surface area (Å²) in [6.07, 6.45) is 4.01. The number of nitro benzene ring substituents is 1. The fourth-order valence-corrected chi connectivity index (χ4v) is 2.50. The number of allylic oxidation sites excluding steroid dienone is 2. The number of aliphatic carboxylic acids is 1. The van der Waals surface area contributed by atoms with Crippen LogP contribution >= 0.6 is 0 Å². The Labute approximate surface area is 131 Å². The van der Waals surface area contributed by atoms with Crippen molar-refractivity contribution in [3.63, 3.8) is 0 Å². The summed E-state index contributed by atoms with van der Waals surface area (Å²) in [5, 5.41) is 22.8. The number of rotatable bonds is 5. The Hall–Kier alpha value is -2.90. The highest BCUT2D eigenvalue weighted by Crippen LogP contribution is 2.32. The smallest absolute Gasteiger partial charge is 0.307 e. The van der Waals surface area contributed by atoms with Gasteiger partial charge in [-0.05, 0) is 25.0 Å². The molecule has 23 heavy (non-hydrogen) atoms. The first-order chi connectivity index (χ1) is 10.9. The SMILES string of the molecule is COc1ccc(NC(=O)C2CC=CCC2C(=O)O)c([N+](=O)[O-])c1. The topological polar surface area (TPSA) is 119 Å². The number of hydrogen-bond acceptors (Lipinski definition) is 5. The molecule has 1 aliphatic carbocycles. The summed E-state index contributed by atoms with van der Waals surface area (Å²) < 4.78 is 4.93. The van der Waals surface area contributed by atoms with Crippen LogP contribution in [0.1, 0.15) is 12.8 Å². The molecule has 1 aromatic rings. The first-order valence-electron chi connectivity index (χ1n) is 6.95. The quantitative estimate of drug-likeness (QED) is 0.488. The van der Waals surface area contributed by atoms with E-state index in [0.29, 0.717) is 5.75 Å². The van der Waals surface area contributed by atoms with Crippen LogP contribution in [0.2, 0.25) is 0 Å². The van der Waals surface area contributed by atoms with Crippen LogP contribution in [0.3, 0.4) is 0 Å². The summed E-state index contributed by atoms with van der Waals surface area (Å²) >= 11 is 0. The van der Waals surface area contributed by atoms with E-state index in [1.807, 2.05) is 0 Å². The van der Waals surface area contributed by atoms with Crippen LogP contribution in [-0.2, 0) is 9.59 Å². The number of carbonyl (C=O) groups excluding carboxylic acids is 1. The molecule has 0 fully saturated rings. The lowest BCUT2D eigenvalue weighted by atomic mass is 9.82. The van der Waals surface area contributed by atoms with Gasteiger partial charge in [-0.2, -0.15) is 0 Å². The van der Waals surface area contributed by atoms with Crippen LogP contribution in [0.5, 0.6) is 5.75 Å². The van der Waals surface area contributed by atoms with Crippen LogP contribution in [0.4, 0.5) is 11.4 Å². The van der Waals surface area contributed by atoms with Gasteiger partial charge in [0.15, 0.2) is 0 Å². The van der Waals surface area contributed by atoms with Crippen LogP contribution in [0.15, 0.2) is 30.4 Å². The standard InChI is InChI=1S/C15H16N2O6/c1-23-9-6-7-12(13(8-9)17(21)22)16-14(18)10-4-2-3-5-11(10)15(19)20/h2-3,6-8,10-11H,4-5H2,1H3,(H,16,18)(H,19,20). The number of nitro groups is 1. The Morgan fingerprint density at radius 3 is 2.52 bits per heavy atom. The second kappa shape index (κ2) is 6.91. The van der Waals surface area contributed by atoms with E-state index >= 15 is 0 Å². The van der Waals surface area contributed by atoms with Crippen molar-refractivity contribution in [2.45, 2.75) is 12.8 Å². The van der Waals surface area contributed by atoms with Gasteiger partial charge >= 0.3 is 5.97 Å². The first-order valence-corrected chi connectivity index (χ1v) is 6.95. The van der Waals surface area contributed by atoms with E-state index < -0.39 is 28.6 Å². The Bertz CT molecular complexity index is 670. The van der Waals surface area contributed by atoms with Gasteiger partial charge in [-0.1, -0.05) is 12.2 Å². The van der Waals surface area contributed by atoms with E-state index in [9.17, 15) is 24.8 Å². The third-order valence-corrected chi connectivity index (χ3v) is 3.75. The van der Waals surface area contributed by atoms with Gasteiger partial charge in [0.05, 0.1) is 29.9 Å². The number of carboxylic acids is 1. The Morgan fingerprint density at radius 2 is 1.96 bits per heavy atom. The largest absolute Gasteiger partial charge is 0.496 e. The van der Waals surface area contributed by atoms with Crippen molar-refractivity contribution < 1.29 is 24.4 Å².